The van der Waals surface area contributed by atoms with E-state index in [1.807, 2.05) is 6.92 Å². The minimum atomic E-state index is -4.75. The van der Waals surface area contributed by atoms with Crippen molar-refractivity contribution < 1.29 is 65.9 Å². The number of halogens is 4. The van der Waals surface area contributed by atoms with E-state index >= 15 is 9.59 Å². The van der Waals surface area contributed by atoms with Gasteiger partial charge in [0.25, 0.3) is 0 Å². The molecule has 11 amide bonds. The highest BCUT2D eigenvalue weighted by molar-refractivity contribution is 6.31. The van der Waals surface area contributed by atoms with Crippen LogP contribution in [0.15, 0.2) is 18.2 Å². The summed E-state index contributed by atoms with van der Waals surface area (Å²) in [4.78, 5) is 173. The molecule has 0 aromatic heterocycles. The van der Waals surface area contributed by atoms with E-state index in [0.29, 0.717) is 31.2 Å². The molecule has 2 aliphatic carbocycles. The number of carbonyl (C=O) groups excluding carboxylic acids is 11. The molecule has 0 spiro atoms. The molecule has 3 aliphatic heterocycles. The lowest BCUT2D eigenvalue weighted by molar-refractivity contribution is -0.160. The van der Waals surface area contributed by atoms with Crippen LogP contribution in [0.4, 0.5) is 13.2 Å². The van der Waals surface area contributed by atoms with Gasteiger partial charge in [-0.25, -0.2) is 0 Å². The van der Waals surface area contributed by atoms with Crippen molar-refractivity contribution in [2.24, 2.45) is 17.8 Å². The first-order chi connectivity index (χ1) is 43.1. The first kappa shape index (κ1) is 74.5. The molecule has 92 heavy (non-hydrogen) atoms. The largest absolute Gasteiger partial charge is 0.417 e. The number of aryl methyl sites for hydroxylation is 1. The summed E-state index contributed by atoms with van der Waals surface area (Å²) in [6.45, 7) is 11.1. The quantitative estimate of drug-likeness (QED) is 0.318. The number of rotatable bonds is 8. The maximum Gasteiger partial charge on any atom is 0.417 e. The summed E-state index contributed by atoms with van der Waals surface area (Å²) in [6, 6.07) is -6.60. The molecular weight excluding hydrogens is 1220 g/mol. The van der Waals surface area contributed by atoms with Crippen molar-refractivity contribution in [3.8, 4) is 0 Å². The molecule has 1 aromatic carbocycles. The normalized spacial score (nSPS) is 28.7. The van der Waals surface area contributed by atoms with Crippen LogP contribution >= 0.6 is 11.6 Å². The topological polar surface area (TPSA) is 241 Å². The highest BCUT2D eigenvalue weighted by Crippen LogP contribution is 2.37. The van der Waals surface area contributed by atoms with Gasteiger partial charge in [-0.2, -0.15) is 13.2 Å². The average molecular weight is 1320 g/mol. The van der Waals surface area contributed by atoms with Crippen LogP contribution in [0.25, 0.3) is 0 Å². The van der Waals surface area contributed by atoms with E-state index in [1.165, 1.54) is 101 Å². The van der Waals surface area contributed by atoms with Crippen LogP contribution in [0.2, 0.25) is 5.02 Å². The first-order valence-corrected chi connectivity index (χ1v) is 33.4. The summed E-state index contributed by atoms with van der Waals surface area (Å²) in [5, 5.41) is 5.05. The molecule has 5 fully saturated rings. The van der Waals surface area contributed by atoms with Crippen LogP contribution in [0.1, 0.15) is 169 Å². The zero-order valence-electron chi connectivity index (χ0n) is 56.5. The Balaban J connectivity index is 1.38. The fourth-order valence-corrected chi connectivity index (χ4v) is 14.0. The van der Waals surface area contributed by atoms with Gasteiger partial charge in [0.2, 0.25) is 65.0 Å². The number of alkyl halides is 3. The minimum absolute atomic E-state index is 0.0384. The average Bonchev–Trinajstić information content (AvgIpc) is 1.02. The van der Waals surface area contributed by atoms with E-state index in [0.717, 1.165) is 68.4 Å². The summed E-state index contributed by atoms with van der Waals surface area (Å²) in [6.07, 6.45) is 4.44. The highest BCUT2D eigenvalue weighted by atomic mass is 35.5. The minimum Gasteiger partial charge on any atom is -0.343 e. The second-order valence-electron chi connectivity index (χ2n) is 27.3. The summed E-state index contributed by atoms with van der Waals surface area (Å²) in [5.74, 6) is -7.17. The number of amides is 11. The second kappa shape index (κ2) is 31.6. The van der Waals surface area contributed by atoms with Gasteiger partial charge < -0.3 is 54.7 Å². The third-order valence-corrected chi connectivity index (χ3v) is 21.2. The molecule has 6 rings (SSSR count). The van der Waals surface area contributed by atoms with Gasteiger partial charge >= 0.3 is 6.18 Å². The molecular formula is C66H101ClF3N11O11. The number of hydrogen-bond donors (Lipinski definition) is 2. The number of likely N-dealkylation sites (N-methyl/N-ethyl adjacent to an activating group) is 7. The Hall–Kier alpha value is -6.53. The van der Waals surface area contributed by atoms with Gasteiger partial charge in [0.15, 0.2) is 0 Å². The molecule has 5 aliphatic rings. The Labute approximate surface area is 546 Å². The fraction of sp³-hybridized carbons (Fsp3) is 0.742. The zero-order valence-corrected chi connectivity index (χ0v) is 57.3. The Kier molecular flexibility index (Phi) is 25.6. The SMILES string of the molecule is CC[C@H](C)[C@@H]1NC(=O)[C@H](C)N(C)C(=O)C[C@@H](C)N(C)C(=O)[C@H](C2CCCCC2)N(C)C(=O)C(C)(C)N(C)C(=O)[C@@H]2CCCN2C(=O)[C@H](CCc2ccc(C(F)(F)F)c(Cl)c2)NC(=O)CN(C)C(=O)[C@H](CC2CCCCC2)N(C)C(=O)[C@@H]2CCN2C(=O)[C@H](C)N(C)C1=O. The summed E-state index contributed by atoms with van der Waals surface area (Å²) >= 11 is 6.13. The zero-order chi connectivity index (χ0) is 68.6. The van der Waals surface area contributed by atoms with E-state index in [9.17, 15) is 56.3 Å². The standard InChI is InChI=1S/C66H101ClF3N11O11/c1-15-39(2)54-62(90)76(11)42(5)57(85)81-34-32-50(81)60(88)77(12)51(37-43-23-18-16-19-24-43)59(87)73(8)38-52(82)71-48(31-29-44-28-30-46(47(67)36-44)66(68,69)70)58(86)80-33-22-27-49(80)61(89)79(14)65(6,7)64(92)78(13)55(45-25-20-17-21-26-45)63(91)74(9)40(3)35-53(83)75(10)41(4)56(84)72-54/h28,30,36,39-43,45,48-51,54-55H,15-27,29,31-35,37-38H2,1-14H3,(H,71,82)(H,72,84)/t39-,40+,41-,42-,48-,49-,50-,51-,54-,55-/m0/s1. The van der Waals surface area contributed by atoms with Crippen molar-refractivity contribution in [1.29, 1.82) is 0 Å². The van der Waals surface area contributed by atoms with Crippen molar-refractivity contribution in [2.75, 3.05) is 69.0 Å². The Morgan fingerprint density at radius 1 is 0.630 bits per heavy atom. The van der Waals surface area contributed by atoms with Crippen molar-refractivity contribution in [1.82, 2.24) is 54.7 Å². The van der Waals surface area contributed by atoms with Gasteiger partial charge in [0, 0.05) is 74.9 Å². The molecule has 10 atom stereocenters. The van der Waals surface area contributed by atoms with Gasteiger partial charge in [-0.3, -0.25) is 52.7 Å². The molecule has 0 radical (unpaired) electrons. The third-order valence-electron chi connectivity index (χ3n) is 20.9. The maximum absolute atomic E-state index is 15.1. The maximum atomic E-state index is 15.1. The summed E-state index contributed by atoms with van der Waals surface area (Å²) < 4.78 is 41.4. The highest BCUT2D eigenvalue weighted by Gasteiger charge is 2.50. The van der Waals surface area contributed by atoms with E-state index in [-0.39, 0.29) is 63.5 Å². The molecule has 1 aromatic rings. The molecule has 2 saturated carbocycles. The lowest BCUT2D eigenvalue weighted by Crippen LogP contribution is -2.65. The molecule has 3 heterocycles. The summed E-state index contributed by atoms with van der Waals surface area (Å²) in [5.41, 5.74) is -2.38. The molecule has 514 valence electrons. The molecule has 2 N–H and O–H groups in total. The van der Waals surface area contributed by atoms with Crippen molar-refractivity contribution in [3.63, 3.8) is 0 Å². The lowest BCUT2D eigenvalue weighted by Gasteiger charge is -2.45. The summed E-state index contributed by atoms with van der Waals surface area (Å²) in [7, 11) is 10.3. The Morgan fingerprint density at radius 2 is 1.23 bits per heavy atom. The van der Waals surface area contributed by atoms with E-state index in [4.69, 9.17) is 11.6 Å². The second-order valence-corrected chi connectivity index (χ2v) is 27.7. The van der Waals surface area contributed by atoms with Crippen LogP contribution in [-0.4, -0.2) is 238 Å². The van der Waals surface area contributed by atoms with Crippen LogP contribution in [0.3, 0.4) is 0 Å². The Morgan fingerprint density at radius 3 is 1.80 bits per heavy atom. The van der Waals surface area contributed by atoms with Gasteiger partial charge in [0.1, 0.15) is 53.9 Å². The van der Waals surface area contributed by atoms with Gasteiger partial charge in [0.05, 0.1) is 17.1 Å². The van der Waals surface area contributed by atoms with E-state index < -0.39 is 154 Å². The lowest BCUT2D eigenvalue weighted by atomic mass is 9.82. The predicted molar refractivity (Wildman–Crippen MR) is 340 cm³/mol. The third kappa shape index (κ3) is 17.1. The van der Waals surface area contributed by atoms with Crippen LogP contribution in [0, 0.1) is 17.8 Å². The number of fused-ring (bicyclic) bond motifs is 2. The number of hydrogen-bond acceptors (Lipinski definition) is 11. The number of benzene rings is 1. The smallest absolute Gasteiger partial charge is 0.343 e. The fourth-order valence-electron chi connectivity index (χ4n) is 13.7. The van der Waals surface area contributed by atoms with Crippen LogP contribution in [0.5, 0.6) is 0 Å². The van der Waals surface area contributed by atoms with Gasteiger partial charge in [-0.05, 0) is 121 Å². The molecule has 22 nitrogen and oxygen atoms in total. The Bertz CT molecular complexity index is 2890. The monoisotopic (exact) mass is 1320 g/mol. The number of nitrogens with zero attached hydrogens (tertiary/aromatic N) is 9. The van der Waals surface area contributed by atoms with E-state index in [2.05, 4.69) is 10.6 Å². The molecule has 0 unspecified atom stereocenters. The first-order valence-electron chi connectivity index (χ1n) is 33.0. The predicted octanol–water partition coefficient (Wildman–Crippen LogP) is 5.74. The number of carbonyl (C=O) groups is 11. The van der Waals surface area contributed by atoms with Crippen LogP contribution in [-0.2, 0) is 65.3 Å². The van der Waals surface area contributed by atoms with Gasteiger partial charge in [-0.15, -0.1) is 0 Å². The van der Waals surface area contributed by atoms with Crippen LogP contribution < -0.4 is 10.6 Å². The van der Waals surface area contributed by atoms with Crippen molar-refractivity contribution in [3.05, 3.63) is 34.3 Å². The molecule has 0 bridgehead atoms. The number of nitrogens with one attached hydrogen (secondary N) is 2. The van der Waals surface area contributed by atoms with Gasteiger partial charge in [-0.1, -0.05) is 89.3 Å². The van der Waals surface area contributed by atoms with Crippen molar-refractivity contribution >= 4 is 76.6 Å². The molecule has 3 saturated heterocycles. The molecule has 26 heteroatoms. The van der Waals surface area contributed by atoms with E-state index in [1.54, 1.807) is 34.7 Å². The van der Waals surface area contributed by atoms with Crippen molar-refractivity contribution in [2.45, 2.75) is 230 Å².